The summed E-state index contributed by atoms with van der Waals surface area (Å²) in [5, 5.41) is 3.22. The molecule has 2 heterocycles. The molecule has 3 rings (SSSR count). The Morgan fingerprint density at radius 2 is 1.96 bits per heavy atom. The van der Waals surface area contributed by atoms with Gasteiger partial charge in [-0.05, 0) is 38.3 Å². The second-order valence-electron chi connectivity index (χ2n) is 7.02. The number of piperidine rings is 1. The number of likely N-dealkylation sites (tertiary alicyclic amines) is 1. The lowest BCUT2D eigenvalue weighted by molar-refractivity contribution is 0.0665. The van der Waals surface area contributed by atoms with Gasteiger partial charge in [0.25, 0.3) is 5.91 Å². The summed E-state index contributed by atoms with van der Waals surface area (Å²) in [7, 11) is 0. The number of ether oxygens (including phenoxy) is 2. The highest BCUT2D eigenvalue weighted by Crippen LogP contribution is 2.37. The number of nitrogens with zero attached hydrogens (tertiary/aromatic N) is 2. The first-order valence-corrected chi connectivity index (χ1v) is 10.4. The maximum absolute atomic E-state index is 13.0. The average molecular weight is 410 g/mol. The zero-order chi connectivity index (χ0) is 20.1. The van der Waals surface area contributed by atoms with E-state index in [0.717, 1.165) is 25.8 Å². The number of urea groups is 1. The summed E-state index contributed by atoms with van der Waals surface area (Å²) in [6.45, 7) is 7.55. The minimum Gasteiger partial charge on any atom is -0.490 e. The van der Waals surface area contributed by atoms with E-state index in [1.165, 1.54) is 0 Å². The molecule has 2 aliphatic rings. The maximum Gasteiger partial charge on any atom is 0.317 e. The predicted octanol–water partition coefficient (Wildman–Crippen LogP) is 3.16. The van der Waals surface area contributed by atoms with Crippen LogP contribution in [-0.4, -0.2) is 67.2 Å². The monoisotopic (exact) mass is 409 g/mol. The fourth-order valence-corrected chi connectivity index (χ4v) is 3.96. The number of carbonyl (C=O) groups excluding carboxylic acids is 2. The van der Waals surface area contributed by atoms with Crippen molar-refractivity contribution < 1.29 is 19.1 Å². The second-order valence-corrected chi connectivity index (χ2v) is 7.42. The Morgan fingerprint density at radius 1 is 1.21 bits per heavy atom. The summed E-state index contributed by atoms with van der Waals surface area (Å²) in [6, 6.07) is 3.56. The zero-order valence-corrected chi connectivity index (χ0v) is 17.3. The molecule has 7 nitrogen and oxygen atoms in total. The van der Waals surface area contributed by atoms with Crippen molar-refractivity contribution in [2.45, 2.75) is 39.2 Å². The number of nitrogens with one attached hydrogen (secondary N) is 1. The van der Waals surface area contributed by atoms with Gasteiger partial charge in [0.1, 0.15) is 0 Å². The molecule has 0 radical (unpaired) electrons. The summed E-state index contributed by atoms with van der Waals surface area (Å²) in [5.74, 6) is 0.908. The molecular formula is C20H28ClN3O4. The standard InChI is InChI=1S/C20H28ClN3O4/c1-3-11-28-18-16(21)12-14(13-17(18)27-4-2)19(25)23-8-5-15(6-9-23)24-10-7-22-20(24)26/h12-13,15H,3-11H2,1-2H3,(H,22,26). The van der Waals surface area contributed by atoms with Crippen LogP contribution >= 0.6 is 11.6 Å². The minimum atomic E-state index is -0.0748. The van der Waals surface area contributed by atoms with Crippen LogP contribution in [0.15, 0.2) is 12.1 Å². The predicted molar refractivity (Wildman–Crippen MR) is 107 cm³/mol. The molecule has 0 aliphatic carbocycles. The van der Waals surface area contributed by atoms with Crippen molar-refractivity contribution in [3.8, 4) is 11.5 Å². The summed E-state index contributed by atoms with van der Waals surface area (Å²) >= 11 is 6.39. The van der Waals surface area contributed by atoms with Crippen LogP contribution < -0.4 is 14.8 Å². The molecule has 0 aromatic heterocycles. The second kappa shape index (κ2) is 9.37. The molecule has 1 N–H and O–H groups in total. The van der Waals surface area contributed by atoms with Gasteiger partial charge in [-0.2, -0.15) is 0 Å². The van der Waals surface area contributed by atoms with Gasteiger partial charge in [0.05, 0.1) is 18.2 Å². The van der Waals surface area contributed by atoms with Crippen molar-refractivity contribution in [2.24, 2.45) is 0 Å². The Kier molecular flexibility index (Phi) is 6.88. The highest BCUT2D eigenvalue weighted by atomic mass is 35.5. The van der Waals surface area contributed by atoms with Crippen molar-refractivity contribution in [2.75, 3.05) is 39.4 Å². The molecule has 2 aliphatic heterocycles. The minimum absolute atomic E-state index is 0.000539. The third-order valence-electron chi connectivity index (χ3n) is 5.09. The lowest BCUT2D eigenvalue weighted by Gasteiger charge is -2.36. The third kappa shape index (κ3) is 4.46. The van der Waals surface area contributed by atoms with Crippen LogP contribution in [-0.2, 0) is 0 Å². The molecule has 8 heteroatoms. The van der Waals surface area contributed by atoms with Crippen molar-refractivity contribution in [3.63, 3.8) is 0 Å². The van der Waals surface area contributed by atoms with E-state index in [0.29, 0.717) is 54.9 Å². The average Bonchev–Trinajstić information content (AvgIpc) is 3.13. The van der Waals surface area contributed by atoms with Gasteiger partial charge in [0, 0.05) is 37.8 Å². The molecule has 1 aromatic rings. The Balaban J connectivity index is 1.69. The molecule has 0 bridgehead atoms. The molecule has 0 saturated carbocycles. The molecule has 154 valence electrons. The molecular weight excluding hydrogens is 382 g/mol. The van der Waals surface area contributed by atoms with E-state index in [2.05, 4.69) is 5.32 Å². The van der Waals surface area contributed by atoms with Gasteiger partial charge in [-0.3, -0.25) is 4.79 Å². The van der Waals surface area contributed by atoms with Gasteiger partial charge in [0.15, 0.2) is 11.5 Å². The van der Waals surface area contributed by atoms with Crippen LogP contribution in [0.4, 0.5) is 4.79 Å². The zero-order valence-electron chi connectivity index (χ0n) is 16.5. The number of benzene rings is 1. The quantitative estimate of drug-likeness (QED) is 0.750. The summed E-state index contributed by atoms with van der Waals surface area (Å²) in [5.41, 5.74) is 0.495. The molecule has 0 unspecified atom stereocenters. The molecule has 1 aromatic carbocycles. The van der Waals surface area contributed by atoms with E-state index in [9.17, 15) is 9.59 Å². The maximum atomic E-state index is 13.0. The van der Waals surface area contributed by atoms with Gasteiger partial charge in [-0.25, -0.2) is 4.79 Å². The highest BCUT2D eigenvalue weighted by molar-refractivity contribution is 6.32. The van der Waals surface area contributed by atoms with Crippen LogP contribution in [0.2, 0.25) is 5.02 Å². The number of carbonyl (C=O) groups is 2. The van der Waals surface area contributed by atoms with Gasteiger partial charge >= 0.3 is 6.03 Å². The highest BCUT2D eigenvalue weighted by Gasteiger charge is 2.32. The van der Waals surface area contributed by atoms with Crippen LogP contribution in [0.1, 0.15) is 43.5 Å². The third-order valence-corrected chi connectivity index (χ3v) is 5.37. The lowest BCUT2D eigenvalue weighted by atomic mass is 10.0. The molecule has 2 saturated heterocycles. The first-order valence-electron chi connectivity index (χ1n) is 9.98. The SMILES string of the molecule is CCCOc1c(Cl)cc(C(=O)N2CCC(N3CCNC3=O)CC2)cc1OCC. The molecule has 0 atom stereocenters. The molecule has 0 spiro atoms. The first-order chi connectivity index (χ1) is 13.5. The first kappa shape index (κ1) is 20.6. The Morgan fingerprint density at radius 3 is 2.57 bits per heavy atom. The number of hydrogen-bond acceptors (Lipinski definition) is 4. The van der Waals surface area contributed by atoms with E-state index in [1.807, 2.05) is 23.6 Å². The van der Waals surface area contributed by atoms with Crippen LogP contribution in [0.3, 0.4) is 0 Å². The molecule has 28 heavy (non-hydrogen) atoms. The number of halogens is 1. The van der Waals surface area contributed by atoms with Gasteiger partial charge in [0.2, 0.25) is 0 Å². The molecule has 2 fully saturated rings. The van der Waals surface area contributed by atoms with Crippen molar-refractivity contribution in [1.29, 1.82) is 0 Å². The van der Waals surface area contributed by atoms with E-state index < -0.39 is 0 Å². The molecule has 3 amide bonds. The number of amides is 3. The largest absolute Gasteiger partial charge is 0.490 e. The van der Waals surface area contributed by atoms with Gasteiger partial charge < -0.3 is 24.6 Å². The van der Waals surface area contributed by atoms with E-state index in [-0.39, 0.29) is 18.0 Å². The van der Waals surface area contributed by atoms with Crippen molar-refractivity contribution >= 4 is 23.5 Å². The Hall–Kier alpha value is -2.15. The topological polar surface area (TPSA) is 71.1 Å². The van der Waals surface area contributed by atoms with E-state index in [4.69, 9.17) is 21.1 Å². The van der Waals surface area contributed by atoms with Gasteiger partial charge in [-0.1, -0.05) is 18.5 Å². The van der Waals surface area contributed by atoms with E-state index in [1.54, 1.807) is 12.1 Å². The number of rotatable bonds is 7. The van der Waals surface area contributed by atoms with Crippen molar-refractivity contribution in [3.05, 3.63) is 22.7 Å². The Bertz CT molecular complexity index is 720. The Labute approximate surface area is 170 Å². The number of hydrogen-bond donors (Lipinski definition) is 1. The summed E-state index contributed by atoms with van der Waals surface area (Å²) in [4.78, 5) is 28.6. The van der Waals surface area contributed by atoms with Crippen LogP contribution in [0.5, 0.6) is 11.5 Å². The van der Waals surface area contributed by atoms with Crippen LogP contribution in [0, 0.1) is 0 Å². The fraction of sp³-hybridized carbons (Fsp3) is 0.600. The van der Waals surface area contributed by atoms with Crippen molar-refractivity contribution in [1.82, 2.24) is 15.1 Å². The van der Waals surface area contributed by atoms with Crippen LogP contribution in [0.25, 0.3) is 0 Å². The lowest BCUT2D eigenvalue weighted by Crippen LogP contribution is -2.47. The van der Waals surface area contributed by atoms with Gasteiger partial charge in [-0.15, -0.1) is 0 Å². The summed E-state index contributed by atoms with van der Waals surface area (Å²) in [6.07, 6.45) is 2.42. The fourth-order valence-electron chi connectivity index (χ4n) is 3.70. The smallest absolute Gasteiger partial charge is 0.317 e. The van der Waals surface area contributed by atoms with E-state index >= 15 is 0 Å². The summed E-state index contributed by atoms with van der Waals surface area (Å²) < 4.78 is 11.4. The normalized spacial score (nSPS) is 17.6.